The fourth-order valence-corrected chi connectivity index (χ4v) is 3.29. The molecule has 1 saturated heterocycles. The van der Waals surface area contributed by atoms with E-state index < -0.39 is 0 Å². The molecule has 1 aliphatic heterocycles. The summed E-state index contributed by atoms with van der Waals surface area (Å²) in [6.45, 7) is 14.8. The zero-order valence-corrected chi connectivity index (χ0v) is 14.6. The first kappa shape index (κ1) is 16.5. The Morgan fingerprint density at radius 3 is 2.67 bits per heavy atom. The number of nitrogens with zero attached hydrogens (tertiary/aromatic N) is 3. The summed E-state index contributed by atoms with van der Waals surface area (Å²) < 4.78 is 1.90. The van der Waals surface area contributed by atoms with Crippen LogP contribution < -0.4 is 5.32 Å². The molecule has 0 spiro atoms. The molecule has 21 heavy (non-hydrogen) atoms. The molecule has 0 radical (unpaired) electrons. The smallest absolute Gasteiger partial charge is 0.0764 e. The van der Waals surface area contributed by atoms with Gasteiger partial charge in [0, 0.05) is 45.0 Å². The molecule has 0 saturated carbocycles. The Morgan fingerprint density at radius 1 is 1.43 bits per heavy atom. The second-order valence-electron chi connectivity index (χ2n) is 7.69. The fourth-order valence-electron chi connectivity index (χ4n) is 3.29. The van der Waals surface area contributed by atoms with Crippen molar-refractivity contribution in [1.29, 1.82) is 0 Å². The first-order chi connectivity index (χ1) is 9.81. The summed E-state index contributed by atoms with van der Waals surface area (Å²) in [7, 11) is 1.99. The van der Waals surface area contributed by atoms with Crippen molar-refractivity contribution in [2.45, 2.75) is 59.7 Å². The molecule has 0 aliphatic carbocycles. The average Bonchev–Trinajstić information content (AvgIpc) is 2.82. The Kier molecular flexibility index (Phi) is 5.10. The van der Waals surface area contributed by atoms with Gasteiger partial charge in [0.1, 0.15) is 0 Å². The second-order valence-corrected chi connectivity index (χ2v) is 7.69. The minimum atomic E-state index is 0.280. The van der Waals surface area contributed by atoms with E-state index in [0.717, 1.165) is 25.6 Å². The Labute approximate surface area is 129 Å². The first-order valence-corrected chi connectivity index (χ1v) is 8.27. The molecule has 0 aromatic carbocycles. The summed E-state index contributed by atoms with van der Waals surface area (Å²) in [5.74, 6) is 0.720. The van der Waals surface area contributed by atoms with Crippen molar-refractivity contribution in [3.05, 3.63) is 18.0 Å². The van der Waals surface area contributed by atoms with Gasteiger partial charge in [0.05, 0.1) is 5.69 Å². The average molecular weight is 292 g/mol. The van der Waals surface area contributed by atoms with Crippen LogP contribution in [0.25, 0.3) is 0 Å². The van der Waals surface area contributed by atoms with E-state index in [1.54, 1.807) is 0 Å². The summed E-state index contributed by atoms with van der Waals surface area (Å²) in [5, 5.41) is 8.35. The maximum atomic E-state index is 4.57. The highest BCUT2D eigenvalue weighted by Crippen LogP contribution is 2.29. The van der Waals surface area contributed by atoms with Crippen molar-refractivity contribution in [2.24, 2.45) is 18.4 Å². The van der Waals surface area contributed by atoms with Gasteiger partial charge in [-0.25, -0.2) is 0 Å². The molecule has 1 N–H and O–H groups in total. The predicted molar refractivity (Wildman–Crippen MR) is 88.1 cm³/mol. The lowest BCUT2D eigenvalue weighted by Crippen LogP contribution is -2.61. The van der Waals surface area contributed by atoms with Crippen molar-refractivity contribution in [1.82, 2.24) is 20.0 Å². The van der Waals surface area contributed by atoms with Crippen molar-refractivity contribution in [3.63, 3.8) is 0 Å². The molecule has 3 unspecified atom stereocenters. The van der Waals surface area contributed by atoms with Gasteiger partial charge in [0.25, 0.3) is 0 Å². The third-order valence-corrected chi connectivity index (χ3v) is 4.91. The van der Waals surface area contributed by atoms with Crippen LogP contribution in [0.2, 0.25) is 0 Å². The molecular weight excluding hydrogens is 260 g/mol. The second kappa shape index (κ2) is 6.49. The summed E-state index contributed by atoms with van der Waals surface area (Å²) in [6.07, 6.45) is 3.27. The van der Waals surface area contributed by atoms with Gasteiger partial charge in [-0.2, -0.15) is 5.10 Å². The highest BCUT2D eigenvalue weighted by molar-refractivity contribution is 5.02. The third kappa shape index (κ3) is 4.07. The largest absolute Gasteiger partial charge is 0.311 e. The first-order valence-electron chi connectivity index (χ1n) is 8.27. The van der Waals surface area contributed by atoms with Crippen LogP contribution in [0.4, 0.5) is 0 Å². The van der Waals surface area contributed by atoms with Crippen LogP contribution in [0.1, 0.15) is 46.7 Å². The molecule has 0 bridgehead atoms. The Morgan fingerprint density at radius 2 is 2.14 bits per heavy atom. The minimum absolute atomic E-state index is 0.280. The van der Waals surface area contributed by atoms with Crippen LogP contribution >= 0.6 is 0 Å². The predicted octanol–water partition coefficient (Wildman–Crippen LogP) is 2.65. The Bertz CT molecular complexity index is 446. The lowest BCUT2D eigenvalue weighted by atomic mass is 9.82. The lowest BCUT2D eigenvalue weighted by molar-refractivity contribution is 0.0369. The summed E-state index contributed by atoms with van der Waals surface area (Å²) in [6, 6.07) is 3.29. The van der Waals surface area contributed by atoms with Gasteiger partial charge in [-0.1, -0.05) is 41.0 Å². The van der Waals surface area contributed by atoms with Crippen LogP contribution in [0, 0.1) is 11.3 Å². The molecule has 1 aromatic rings. The van der Waals surface area contributed by atoms with Gasteiger partial charge in [-0.3, -0.25) is 9.58 Å². The monoisotopic (exact) mass is 292 g/mol. The molecule has 1 fully saturated rings. The minimum Gasteiger partial charge on any atom is -0.311 e. The molecule has 4 heteroatoms. The molecular formula is C17H32N4. The van der Waals surface area contributed by atoms with Gasteiger partial charge in [-0.05, 0) is 17.4 Å². The standard InChI is InChI=1S/C17H32N4/c1-7-13(2)15-12-21(11-14-8-9-20(6)19-14)16(10-18-15)17(3,4)5/h8-9,13,15-16,18H,7,10-12H2,1-6H3. The van der Waals surface area contributed by atoms with Crippen molar-refractivity contribution >= 4 is 0 Å². The molecule has 1 aliphatic rings. The third-order valence-electron chi connectivity index (χ3n) is 4.91. The van der Waals surface area contributed by atoms with Crippen LogP contribution in [-0.2, 0) is 13.6 Å². The molecule has 1 aromatic heterocycles. The zero-order chi connectivity index (χ0) is 15.6. The molecule has 3 atom stereocenters. The number of nitrogens with one attached hydrogen (secondary N) is 1. The van der Waals surface area contributed by atoms with Gasteiger partial charge in [0.15, 0.2) is 0 Å². The topological polar surface area (TPSA) is 33.1 Å². The van der Waals surface area contributed by atoms with Crippen LogP contribution in [0.15, 0.2) is 12.3 Å². The van der Waals surface area contributed by atoms with E-state index in [1.165, 1.54) is 12.1 Å². The van der Waals surface area contributed by atoms with E-state index in [2.05, 4.69) is 56.0 Å². The number of aryl methyl sites for hydroxylation is 1. The summed E-state index contributed by atoms with van der Waals surface area (Å²) in [5.41, 5.74) is 1.46. The number of rotatable bonds is 4. The molecule has 4 nitrogen and oxygen atoms in total. The number of hydrogen-bond acceptors (Lipinski definition) is 3. The van der Waals surface area contributed by atoms with E-state index in [-0.39, 0.29) is 5.41 Å². The SMILES string of the molecule is CCC(C)C1CN(Cc2ccn(C)n2)C(C(C)(C)C)CN1. The summed E-state index contributed by atoms with van der Waals surface area (Å²) in [4.78, 5) is 2.63. The molecule has 120 valence electrons. The van der Waals surface area contributed by atoms with Gasteiger partial charge in [0.2, 0.25) is 0 Å². The van der Waals surface area contributed by atoms with Crippen LogP contribution in [-0.4, -0.2) is 39.9 Å². The normalized spacial score (nSPS) is 26.0. The summed E-state index contributed by atoms with van der Waals surface area (Å²) >= 11 is 0. The Hall–Kier alpha value is -0.870. The maximum absolute atomic E-state index is 4.57. The van der Waals surface area contributed by atoms with Gasteiger partial charge < -0.3 is 5.32 Å². The number of piperazine rings is 1. The van der Waals surface area contributed by atoms with Gasteiger partial charge >= 0.3 is 0 Å². The lowest BCUT2D eigenvalue weighted by Gasteiger charge is -2.47. The van der Waals surface area contributed by atoms with Crippen LogP contribution in [0.5, 0.6) is 0 Å². The van der Waals surface area contributed by atoms with E-state index in [4.69, 9.17) is 0 Å². The molecule has 2 rings (SSSR count). The fraction of sp³-hybridized carbons (Fsp3) is 0.824. The highest BCUT2D eigenvalue weighted by Gasteiger charge is 2.36. The quantitative estimate of drug-likeness (QED) is 0.926. The van der Waals surface area contributed by atoms with Crippen molar-refractivity contribution in [3.8, 4) is 0 Å². The number of aromatic nitrogens is 2. The maximum Gasteiger partial charge on any atom is 0.0764 e. The molecule has 2 heterocycles. The van der Waals surface area contributed by atoms with Crippen molar-refractivity contribution < 1.29 is 0 Å². The van der Waals surface area contributed by atoms with E-state index >= 15 is 0 Å². The van der Waals surface area contributed by atoms with E-state index in [0.29, 0.717) is 12.1 Å². The highest BCUT2D eigenvalue weighted by atomic mass is 15.3. The molecule has 0 amide bonds. The van der Waals surface area contributed by atoms with E-state index in [9.17, 15) is 0 Å². The zero-order valence-electron chi connectivity index (χ0n) is 14.6. The van der Waals surface area contributed by atoms with Crippen LogP contribution in [0.3, 0.4) is 0 Å². The van der Waals surface area contributed by atoms with Crippen molar-refractivity contribution in [2.75, 3.05) is 13.1 Å². The Balaban J connectivity index is 2.12. The van der Waals surface area contributed by atoms with E-state index in [1.807, 2.05) is 17.9 Å². The van der Waals surface area contributed by atoms with Gasteiger partial charge in [-0.15, -0.1) is 0 Å². The number of hydrogen-bond donors (Lipinski definition) is 1.